The monoisotopic (exact) mass is 557 g/mol. The first-order valence-electron chi connectivity index (χ1n) is 10.6. The van der Waals surface area contributed by atoms with Crippen molar-refractivity contribution in [2.24, 2.45) is 5.92 Å². The SMILES string of the molecule is CC(=O)Nc1c(O)cccc1[As](=O)(O)O.CCOC(=O)C(Cc1ccc(F)c(C)c1)C(=O)OCC. The first-order valence-corrected chi connectivity index (χ1v) is 13.9. The average molecular weight is 557 g/mol. The Balaban J connectivity index is 0.000000365. The number of nitrogens with one attached hydrogen (secondary N) is 1. The molecule has 0 saturated carbocycles. The molecule has 12 heteroatoms. The van der Waals surface area contributed by atoms with Crippen molar-refractivity contribution in [1.29, 1.82) is 0 Å². The van der Waals surface area contributed by atoms with Crippen LogP contribution in [0.2, 0.25) is 0 Å². The van der Waals surface area contributed by atoms with Gasteiger partial charge >= 0.3 is 100 Å². The van der Waals surface area contributed by atoms with E-state index in [-0.39, 0.29) is 41.2 Å². The summed E-state index contributed by atoms with van der Waals surface area (Å²) in [5.74, 6) is -3.45. The zero-order chi connectivity index (χ0) is 26.8. The fourth-order valence-corrected chi connectivity index (χ4v) is 4.45. The number of carbonyl (C=O) groups excluding carboxylic acids is 3. The Morgan fingerprint density at radius 2 is 1.63 bits per heavy atom. The predicted octanol–water partition coefficient (Wildman–Crippen LogP) is 1.33. The average Bonchev–Trinajstić information content (AvgIpc) is 2.75. The third-order valence-electron chi connectivity index (χ3n) is 4.44. The molecular weight excluding hydrogens is 528 g/mol. The summed E-state index contributed by atoms with van der Waals surface area (Å²) < 4.78 is 51.7. The molecule has 1 amide bonds. The van der Waals surface area contributed by atoms with Gasteiger partial charge in [0.05, 0.1) is 13.2 Å². The normalized spacial score (nSPS) is 10.7. The smallest absolute Gasteiger partial charge is 0.320 e. The zero-order valence-electron chi connectivity index (χ0n) is 19.8. The van der Waals surface area contributed by atoms with Gasteiger partial charge in [0.15, 0.2) is 5.92 Å². The molecule has 0 radical (unpaired) electrons. The molecule has 10 nitrogen and oxygen atoms in total. The van der Waals surface area contributed by atoms with E-state index in [2.05, 4.69) is 5.32 Å². The van der Waals surface area contributed by atoms with Crippen molar-refractivity contribution < 1.29 is 45.3 Å². The van der Waals surface area contributed by atoms with Crippen LogP contribution in [-0.2, 0) is 34.0 Å². The fourth-order valence-electron chi connectivity index (χ4n) is 2.89. The van der Waals surface area contributed by atoms with E-state index >= 15 is 0 Å². The van der Waals surface area contributed by atoms with Crippen LogP contribution >= 0.6 is 0 Å². The molecule has 192 valence electrons. The zero-order valence-corrected chi connectivity index (χ0v) is 21.7. The van der Waals surface area contributed by atoms with Gasteiger partial charge in [-0.15, -0.1) is 0 Å². The second-order valence-electron chi connectivity index (χ2n) is 7.24. The first-order chi connectivity index (χ1) is 16.3. The van der Waals surface area contributed by atoms with Gasteiger partial charge < -0.3 is 9.47 Å². The molecule has 0 saturated heterocycles. The number of carbonyl (C=O) groups is 3. The molecule has 0 aliphatic rings. The van der Waals surface area contributed by atoms with Gasteiger partial charge in [0, 0.05) is 0 Å². The number of anilines is 1. The van der Waals surface area contributed by atoms with E-state index in [4.69, 9.17) is 17.7 Å². The minimum absolute atomic E-state index is 0.138. The number of phenols is 1. The Labute approximate surface area is 205 Å². The number of aryl methyl sites for hydroxylation is 1. The summed E-state index contributed by atoms with van der Waals surface area (Å²) in [6.07, 6.45) is 0.138. The van der Waals surface area contributed by atoms with Crippen molar-refractivity contribution in [3.63, 3.8) is 0 Å². The van der Waals surface area contributed by atoms with Crippen LogP contribution in [0.5, 0.6) is 5.75 Å². The van der Waals surface area contributed by atoms with Crippen molar-refractivity contribution in [2.75, 3.05) is 18.5 Å². The molecule has 0 spiro atoms. The number of esters is 2. The number of hydrogen-bond acceptors (Lipinski definition) is 7. The van der Waals surface area contributed by atoms with Crippen LogP contribution in [0.1, 0.15) is 31.9 Å². The molecule has 0 heterocycles. The quantitative estimate of drug-likeness (QED) is 0.163. The topological polar surface area (TPSA) is 159 Å². The van der Waals surface area contributed by atoms with E-state index < -0.39 is 37.9 Å². The summed E-state index contributed by atoms with van der Waals surface area (Å²) >= 11 is -5.14. The van der Waals surface area contributed by atoms with Gasteiger partial charge in [-0.1, -0.05) is 12.1 Å². The van der Waals surface area contributed by atoms with E-state index in [0.717, 1.165) is 0 Å². The van der Waals surface area contributed by atoms with Gasteiger partial charge in [-0.25, -0.2) is 4.39 Å². The number of halogens is 1. The molecule has 35 heavy (non-hydrogen) atoms. The maximum atomic E-state index is 13.2. The van der Waals surface area contributed by atoms with Crippen LogP contribution in [0.3, 0.4) is 0 Å². The molecule has 4 N–H and O–H groups in total. The van der Waals surface area contributed by atoms with Crippen molar-refractivity contribution >= 4 is 42.1 Å². The number of ether oxygens (including phenoxy) is 2. The molecule has 2 rings (SSSR count). The number of para-hydroxylation sites is 1. The van der Waals surface area contributed by atoms with Gasteiger partial charge in [0.1, 0.15) is 5.82 Å². The second-order valence-corrected chi connectivity index (χ2v) is 10.5. The molecule has 0 unspecified atom stereocenters. The van der Waals surface area contributed by atoms with Crippen molar-refractivity contribution in [2.45, 2.75) is 34.1 Å². The molecule has 0 bridgehead atoms. The van der Waals surface area contributed by atoms with E-state index in [1.165, 1.54) is 31.2 Å². The Morgan fingerprint density at radius 1 is 1.06 bits per heavy atom. The van der Waals surface area contributed by atoms with E-state index in [9.17, 15) is 27.6 Å². The minimum Gasteiger partial charge on any atom is -0.465 e. The van der Waals surface area contributed by atoms with Gasteiger partial charge in [0.25, 0.3) is 0 Å². The summed E-state index contributed by atoms with van der Waals surface area (Å²) in [6.45, 7) is 6.53. The molecule has 0 atom stereocenters. The molecular formula is C23H29AsFNO9. The van der Waals surface area contributed by atoms with Crippen molar-refractivity contribution in [3.8, 4) is 5.75 Å². The summed E-state index contributed by atoms with van der Waals surface area (Å²) in [4.78, 5) is 34.4. The van der Waals surface area contributed by atoms with Crippen LogP contribution in [0.15, 0.2) is 36.4 Å². The van der Waals surface area contributed by atoms with Crippen LogP contribution in [0.25, 0.3) is 0 Å². The molecule has 0 aliphatic carbocycles. The number of amides is 1. The molecule has 2 aromatic carbocycles. The molecule has 2 aromatic rings. The molecule has 0 fully saturated rings. The Hall–Kier alpha value is -3.14. The largest absolute Gasteiger partial charge is 0.465 e. The fraction of sp³-hybridized carbons (Fsp3) is 0.348. The van der Waals surface area contributed by atoms with Crippen molar-refractivity contribution in [3.05, 3.63) is 53.3 Å². The molecule has 0 aliphatic heterocycles. The van der Waals surface area contributed by atoms with Crippen molar-refractivity contribution in [1.82, 2.24) is 0 Å². The number of aromatic hydroxyl groups is 1. The van der Waals surface area contributed by atoms with Crippen LogP contribution in [-0.4, -0.2) is 58.5 Å². The maximum Gasteiger partial charge on any atom is 0.320 e. The van der Waals surface area contributed by atoms with E-state index in [1.54, 1.807) is 32.9 Å². The number of rotatable bonds is 8. The third kappa shape index (κ3) is 9.56. The third-order valence-corrected chi connectivity index (χ3v) is 6.54. The number of benzene rings is 2. The van der Waals surface area contributed by atoms with Crippen LogP contribution in [0.4, 0.5) is 10.1 Å². The van der Waals surface area contributed by atoms with Gasteiger partial charge in [-0.2, -0.15) is 0 Å². The van der Waals surface area contributed by atoms with Gasteiger partial charge in [-0.3, -0.25) is 9.59 Å². The summed E-state index contributed by atoms with van der Waals surface area (Å²) in [5.41, 5.74) is 0.932. The Kier molecular flexibility index (Phi) is 11.7. The Bertz CT molecular complexity index is 1080. The van der Waals surface area contributed by atoms with Gasteiger partial charge in [-0.05, 0) is 44.4 Å². The minimum atomic E-state index is -5.14. The number of hydrogen-bond donors (Lipinski definition) is 4. The molecule has 0 aromatic heterocycles. The van der Waals surface area contributed by atoms with Crippen LogP contribution < -0.4 is 9.67 Å². The first kappa shape index (κ1) is 29.9. The predicted molar refractivity (Wildman–Crippen MR) is 125 cm³/mol. The van der Waals surface area contributed by atoms with Gasteiger partial charge in [0.2, 0.25) is 0 Å². The Morgan fingerprint density at radius 3 is 2.09 bits per heavy atom. The number of phenolic OH excluding ortho intramolecular Hbond substituents is 1. The maximum absolute atomic E-state index is 13.2. The standard InChI is InChI=1S/C15H19FO4.C8H10AsNO5/c1-4-19-14(17)12(15(18)20-5-2)9-11-6-7-13(16)10(3)8-11;1-5(11)10-8-6(9(13,14)15)3-2-4-7(8)12/h6-8,12H,4-5,9H2,1-3H3;2-4,12H,1H3,(H,10,11)(H2,13,14,15). The second kappa shape index (κ2) is 13.7. The summed E-state index contributed by atoms with van der Waals surface area (Å²) in [7, 11) is 0. The van der Waals surface area contributed by atoms with E-state index in [0.29, 0.717) is 11.1 Å². The van der Waals surface area contributed by atoms with Crippen LogP contribution in [0, 0.1) is 18.7 Å². The summed E-state index contributed by atoms with van der Waals surface area (Å²) in [6, 6.07) is 8.19. The summed E-state index contributed by atoms with van der Waals surface area (Å²) in [5, 5.41) is 11.5. The van der Waals surface area contributed by atoms with E-state index in [1.807, 2.05) is 0 Å².